The van der Waals surface area contributed by atoms with Gasteiger partial charge in [0.05, 0.1) is 0 Å². The number of hydrogen-bond acceptors (Lipinski definition) is 0. The van der Waals surface area contributed by atoms with E-state index in [2.05, 4.69) is 69.3 Å². The Morgan fingerprint density at radius 3 is 0.914 bits per heavy atom. The molecule has 0 aromatic heterocycles. The Hall–Kier alpha value is -0.870. The highest BCUT2D eigenvalue weighted by Crippen LogP contribution is 2.39. The number of fused-ring (bicyclic) bond motifs is 1. The molecular formula is C34H59P. The third-order valence-corrected chi connectivity index (χ3v) is 9.99. The average Bonchev–Trinajstić information content (AvgIpc) is 2.90. The zero-order chi connectivity index (χ0) is 25.2. The minimum atomic E-state index is 0.366. The van der Waals surface area contributed by atoms with Crippen molar-refractivity contribution in [1.29, 1.82) is 0 Å². The van der Waals surface area contributed by atoms with Gasteiger partial charge in [0.15, 0.2) is 0 Å². The first kappa shape index (κ1) is 32.2. The Kier molecular flexibility index (Phi) is 22.8. The normalized spacial score (nSPS) is 11.1. The molecule has 0 N–H and O–H groups in total. The molecule has 0 aliphatic carbocycles. The van der Waals surface area contributed by atoms with Gasteiger partial charge in [0.2, 0.25) is 0 Å². The van der Waals surface area contributed by atoms with E-state index in [9.17, 15) is 0 Å². The van der Waals surface area contributed by atoms with Crippen LogP contribution in [-0.2, 0) is 0 Å². The Morgan fingerprint density at radius 2 is 0.629 bits per heavy atom. The molecule has 2 rings (SSSR count). The van der Waals surface area contributed by atoms with Crippen LogP contribution in [0.15, 0.2) is 48.5 Å². The van der Waals surface area contributed by atoms with Crippen LogP contribution in [0, 0.1) is 0 Å². The van der Waals surface area contributed by atoms with Gasteiger partial charge in [-0.25, -0.2) is 0 Å². The van der Waals surface area contributed by atoms with Crippen LogP contribution >= 0.6 is 7.92 Å². The quantitative estimate of drug-likeness (QED) is 0.119. The van der Waals surface area contributed by atoms with Gasteiger partial charge in [0.1, 0.15) is 0 Å². The molecule has 0 fully saturated rings. The van der Waals surface area contributed by atoms with E-state index < -0.39 is 0 Å². The maximum absolute atomic E-state index is 2.32. The predicted molar refractivity (Wildman–Crippen MR) is 166 cm³/mol. The van der Waals surface area contributed by atoms with E-state index in [0.717, 1.165) is 0 Å². The fourth-order valence-electron chi connectivity index (χ4n) is 4.82. The Balaban J connectivity index is 0.000000497. The lowest BCUT2D eigenvalue weighted by molar-refractivity contribution is 0.617. The molecule has 1 heteroatoms. The maximum Gasteiger partial charge on any atom is -0.0184 e. The summed E-state index contributed by atoms with van der Waals surface area (Å²) < 4.78 is 0. The minimum absolute atomic E-state index is 0.366. The molecule has 0 amide bonds. The smallest absolute Gasteiger partial charge is 0.0184 e. The second-order valence-electron chi connectivity index (χ2n) is 10.5. The molecule has 0 bridgehead atoms. The second-order valence-corrected chi connectivity index (χ2v) is 13.2. The number of rotatable bonds is 21. The molecule has 0 nitrogen and oxygen atoms in total. The first-order valence-corrected chi connectivity index (χ1v) is 17.4. The molecule has 35 heavy (non-hydrogen) atoms. The van der Waals surface area contributed by atoms with Crippen LogP contribution < -0.4 is 0 Å². The maximum atomic E-state index is 2.32. The van der Waals surface area contributed by atoms with Gasteiger partial charge in [0, 0.05) is 0 Å². The van der Waals surface area contributed by atoms with Crippen LogP contribution in [0.2, 0.25) is 0 Å². The Morgan fingerprint density at radius 1 is 0.371 bits per heavy atom. The highest BCUT2D eigenvalue weighted by molar-refractivity contribution is 7.57. The van der Waals surface area contributed by atoms with Crippen LogP contribution in [-0.4, -0.2) is 18.5 Å². The van der Waals surface area contributed by atoms with Gasteiger partial charge in [-0.1, -0.05) is 166 Å². The summed E-state index contributed by atoms with van der Waals surface area (Å²) in [6.45, 7) is 6.96. The van der Waals surface area contributed by atoms with Crippen LogP contribution in [0.25, 0.3) is 10.8 Å². The molecule has 2 aromatic rings. The molecule has 2 aromatic carbocycles. The van der Waals surface area contributed by atoms with Gasteiger partial charge in [-0.3, -0.25) is 0 Å². The summed E-state index contributed by atoms with van der Waals surface area (Å²) in [7, 11) is 0.366. The van der Waals surface area contributed by atoms with E-state index in [4.69, 9.17) is 0 Å². The summed E-state index contributed by atoms with van der Waals surface area (Å²) in [5, 5.41) is 2.62. The lowest BCUT2D eigenvalue weighted by Crippen LogP contribution is -1.97. The standard InChI is InChI=1S/C24H51P.C10H8/c1-4-7-10-13-16-19-22-25(23-20-17-14-11-8-5-2)24-21-18-15-12-9-6-3;1-2-6-10-8-4-3-7-9(10)5-1/h4-24H2,1-3H3;1-8H. The third-order valence-electron chi connectivity index (χ3n) is 7.14. The first-order chi connectivity index (χ1) is 17.3. The molecule has 0 saturated carbocycles. The average molecular weight is 499 g/mol. The monoisotopic (exact) mass is 498 g/mol. The number of benzene rings is 2. The van der Waals surface area contributed by atoms with Gasteiger partial charge in [-0.05, 0) is 48.5 Å². The molecule has 0 atom stereocenters. The van der Waals surface area contributed by atoms with Crippen molar-refractivity contribution in [3.05, 3.63) is 48.5 Å². The van der Waals surface area contributed by atoms with E-state index in [1.165, 1.54) is 126 Å². The summed E-state index contributed by atoms with van der Waals surface area (Å²) in [6, 6.07) is 16.7. The summed E-state index contributed by atoms with van der Waals surface area (Å²) in [5.41, 5.74) is 0. The molecular weight excluding hydrogens is 439 g/mol. The lowest BCUT2D eigenvalue weighted by Gasteiger charge is -2.18. The zero-order valence-electron chi connectivity index (χ0n) is 23.9. The molecule has 200 valence electrons. The van der Waals surface area contributed by atoms with Crippen molar-refractivity contribution in [3.8, 4) is 0 Å². The van der Waals surface area contributed by atoms with Gasteiger partial charge >= 0.3 is 0 Å². The summed E-state index contributed by atoms with van der Waals surface area (Å²) in [6.07, 6.45) is 31.2. The molecule has 0 unspecified atom stereocenters. The van der Waals surface area contributed by atoms with Gasteiger partial charge in [-0.15, -0.1) is 7.92 Å². The fourth-order valence-corrected chi connectivity index (χ4v) is 7.50. The van der Waals surface area contributed by atoms with Crippen molar-refractivity contribution >= 4 is 18.7 Å². The van der Waals surface area contributed by atoms with E-state index in [1.54, 1.807) is 18.5 Å². The first-order valence-electron chi connectivity index (χ1n) is 15.5. The van der Waals surface area contributed by atoms with E-state index >= 15 is 0 Å². The summed E-state index contributed by atoms with van der Waals surface area (Å²) in [4.78, 5) is 0. The highest BCUT2D eigenvalue weighted by Gasteiger charge is 2.07. The van der Waals surface area contributed by atoms with Crippen LogP contribution in [0.4, 0.5) is 0 Å². The van der Waals surface area contributed by atoms with E-state index in [1.807, 2.05) is 0 Å². The van der Waals surface area contributed by atoms with E-state index in [-0.39, 0.29) is 0 Å². The fraction of sp³-hybridized carbons (Fsp3) is 0.706. The number of hydrogen-bond donors (Lipinski definition) is 0. The van der Waals surface area contributed by atoms with E-state index in [0.29, 0.717) is 7.92 Å². The van der Waals surface area contributed by atoms with Crippen molar-refractivity contribution in [2.45, 2.75) is 136 Å². The van der Waals surface area contributed by atoms with Crippen molar-refractivity contribution in [3.63, 3.8) is 0 Å². The van der Waals surface area contributed by atoms with Crippen molar-refractivity contribution in [2.75, 3.05) is 18.5 Å². The molecule has 0 spiro atoms. The molecule has 0 aliphatic heterocycles. The molecule has 0 aliphatic rings. The highest BCUT2D eigenvalue weighted by atomic mass is 31.1. The predicted octanol–water partition coefficient (Wildman–Crippen LogP) is 12.4. The van der Waals surface area contributed by atoms with Crippen LogP contribution in [0.5, 0.6) is 0 Å². The lowest BCUT2D eigenvalue weighted by atomic mass is 10.1. The van der Waals surface area contributed by atoms with Crippen molar-refractivity contribution in [1.82, 2.24) is 0 Å². The molecule has 0 saturated heterocycles. The van der Waals surface area contributed by atoms with Crippen molar-refractivity contribution < 1.29 is 0 Å². The van der Waals surface area contributed by atoms with Gasteiger partial charge < -0.3 is 0 Å². The Bertz CT molecular complexity index is 576. The van der Waals surface area contributed by atoms with Crippen LogP contribution in [0.3, 0.4) is 0 Å². The summed E-state index contributed by atoms with van der Waals surface area (Å²) in [5.74, 6) is 0. The van der Waals surface area contributed by atoms with Crippen molar-refractivity contribution in [2.24, 2.45) is 0 Å². The van der Waals surface area contributed by atoms with Gasteiger partial charge in [-0.2, -0.15) is 0 Å². The summed E-state index contributed by atoms with van der Waals surface area (Å²) >= 11 is 0. The van der Waals surface area contributed by atoms with Crippen LogP contribution in [0.1, 0.15) is 136 Å². The van der Waals surface area contributed by atoms with Gasteiger partial charge in [0.25, 0.3) is 0 Å². The largest absolute Gasteiger partial charge is 0.107 e. The molecule has 0 radical (unpaired) electrons. The SMILES string of the molecule is CCCCCCCCP(CCCCCCCC)CCCCCCCC.c1ccc2ccccc2c1. The topological polar surface area (TPSA) is 0 Å². The second kappa shape index (κ2) is 24.8. The third kappa shape index (κ3) is 19.0. The number of unbranched alkanes of at least 4 members (excludes halogenated alkanes) is 15. The molecule has 0 heterocycles. The Labute approximate surface area is 221 Å². The minimum Gasteiger partial charge on any atom is -0.107 e. The zero-order valence-corrected chi connectivity index (χ0v) is 24.8.